The van der Waals surface area contributed by atoms with Gasteiger partial charge in [0.1, 0.15) is 0 Å². The van der Waals surface area contributed by atoms with Crippen LogP contribution in [0.3, 0.4) is 0 Å². The monoisotopic (exact) mass is 379 g/mol. The Bertz CT molecular complexity index is 456. The van der Waals surface area contributed by atoms with E-state index in [4.69, 9.17) is 5.11 Å². The standard InChI is InChI=1S/C11H11Br2NO4/c1-5(15)9(11(17)18)14-10(16)6-2-7(12)4-8(13)3-6/h2-5,9,15H,1H3,(H,14,16)(H,17,18). The molecule has 7 heteroatoms. The average Bonchev–Trinajstić information content (AvgIpc) is 2.23. The smallest absolute Gasteiger partial charge is 0.328 e. The molecule has 0 radical (unpaired) electrons. The number of aliphatic hydroxyl groups excluding tert-OH is 1. The topological polar surface area (TPSA) is 86.6 Å². The van der Waals surface area contributed by atoms with Crippen molar-refractivity contribution in [3.8, 4) is 0 Å². The maximum Gasteiger partial charge on any atom is 0.328 e. The Balaban J connectivity index is 2.90. The second-order valence-corrected chi connectivity index (χ2v) is 5.52. The number of benzene rings is 1. The number of aliphatic hydroxyl groups is 1. The van der Waals surface area contributed by atoms with Gasteiger partial charge >= 0.3 is 5.97 Å². The second kappa shape index (κ2) is 6.31. The summed E-state index contributed by atoms with van der Waals surface area (Å²) in [6, 6.07) is 3.53. The minimum absolute atomic E-state index is 0.295. The molecule has 5 nitrogen and oxygen atoms in total. The fourth-order valence-corrected chi connectivity index (χ4v) is 2.59. The zero-order valence-electron chi connectivity index (χ0n) is 9.35. The number of aliphatic carboxylic acids is 1. The molecule has 0 saturated heterocycles. The van der Waals surface area contributed by atoms with Crippen molar-refractivity contribution in [2.75, 3.05) is 0 Å². The lowest BCUT2D eigenvalue weighted by atomic mass is 10.1. The summed E-state index contributed by atoms with van der Waals surface area (Å²) in [5.74, 6) is -1.85. The summed E-state index contributed by atoms with van der Waals surface area (Å²) in [5.41, 5.74) is 0.295. The summed E-state index contributed by atoms with van der Waals surface area (Å²) in [7, 11) is 0. The van der Waals surface area contributed by atoms with E-state index in [0.29, 0.717) is 14.5 Å². The van der Waals surface area contributed by atoms with Gasteiger partial charge in [0.15, 0.2) is 6.04 Å². The van der Waals surface area contributed by atoms with E-state index in [-0.39, 0.29) is 0 Å². The van der Waals surface area contributed by atoms with Crippen molar-refractivity contribution in [2.45, 2.75) is 19.1 Å². The first-order valence-electron chi connectivity index (χ1n) is 4.99. The van der Waals surface area contributed by atoms with Gasteiger partial charge in [0, 0.05) is 14.5 Å². The van der Waals surface area contributed by atoms with Crippen LogP contribution in [-0.2, 0) is 4.79 Å². The average molecular weight is 381 g/mol. The Morgan fingerprint density at radius 2 is 1.72 bits per heavy atom. The molecule has 0 aromatic heterocycles. The quantitative estimate of drug-likeness (QED) is 0.743. The van der Waals surface area contributed by atoms with Gasteiger partial charge in [0.25, 0.3) is 5.91 Å². The zero-order valence-corrected chi connectivity index (χ0v) is 12.5. The third-order valence-electron chi connectivity index (χ3n) is 2.16. The van der Waals surface area contributed by atoms with Gasteiger partial charge in [-0.15, -0.1) is 0 Å². The van der Waals surface area contributed by atoms with Gasteiger partial charge in [-0.05, 0) is 25.1 Å². The van der Waals surface area contributed by atoms with E-state index in [2.05, 4.69) is 37.2 Å². The Kier molecular flexibility index (Phi) is 5.30. The number of nitrogens with one attached hydrogen (secondary N) is 1. The third-order valence-corrected chi connectivity index (χ3v) is 3.08. The van der Waals surface area contributed by atoms with Crippen molar-refractivity contribution in [1.29, 1.82) is 0 Å². The molecule has 98 valence electrons. The SMILES string of the molecule is CC(O)C(NC(=O)c1cc(Br)cc(Br)c1)C(=O)O. The number of rotatable bonds is 4. The number of halogens is 2. The molecular weight excluding hydrogens is 370 g/mol. The fourth-order valence-electron chi connectivity index (χ4n) is 1.30. The molecule has 2 atom stereocenters. The van der Waals surface area contributed by atoms with Gasteiger partial charge in [0.2, 0.25) is 0 Å². The van der Waals surface area contributed by atoms with Crippen LogP contribution in [0.1, 0.15) is 17.3 Å². The highest BCUT2D eigenvalue weighted by Crippen LogP contribution is 2.20. The lowest BCUT2D eigenvalue weighted by Crippen LogP contribution is -2.47. The summed E-state index contributed by atoms with van der Waals surface area (Å²) in [6.45, 7) is 1.30. The summed E-state index contributed by atoms with van der Waals surface area (Å²) in [5, 5.41) is 20.4. The van der Waals surface area contributed by atoms with E-state index in [0.717, 1.165) is 0 Å². The summed E-state index contributed by atoms with van der Waals surface area (Å²) in [6.07, 6.45) is -1.18. The minimum Gasteiger partial charge on any atom is -0.480 e. The van der Waals surface area contributed by atoms with Gasteiger partial charge in [-0.2, -0.15) is 0 Å². The molecule has 3 N–H and O–H groups in total. The lowest BCUT2D eigenvalue weighted by molar-refractivity contribution is -0.141. The Labute approximate surface area is 120 Å². The molecule has 0 saturated carbocycles. The molecule has 2 unspecified atom stereocenters. The summed E-state index contributed by atoms with van der Waals surface area (Å²) < 4.78 is 1.37. The Morgan fingerprint density at radius 1 is 1.22 bits per heavy atom. The summed E-state index contributed by atoms with van der Waals surface area (Å²) >= 11 is 6.46. The van der Waals surface area contributed by atoms with Crippen molar-refractivity contribution < 1.29 is 19.8 Å². The van der Waals surface area contributed by atoms with Crippen molar-refractivity contribution in [3.05, 3.63) is 32.7 Å². The fraction of sp³-hybridized carbons (Fsp3) is 0.273. The highest BCUT2D eigenvalue weighted by Gasteiger charge is 2.25. The molecule has 1 aromatic rings. The number of hydrogen-bond donors (Lipinski definition) is 3. The van der Waals surface area contributed by atoms with Crippen LogP contribution in [0.4, 0.5) is 0 Å². The van der Waals surface area contributed by atoms with Crippen molar-refractivity contribution in [2.24, 2.45) is 0 Å². The van der Waals surface area contributed by atoms with E-state index in [1.165, 1.54) is 6.92 Å². The second-order valence-electron chi connectivity index (χ2n) is 3.69. The number of carboxylic acid groups (broad SMARTS) is 1. The maximum atomic E-state index is 11.8. The molecule has 0 aliphatic heterocycles. The van der Waals surface area contributed by atoms with Crippen molar-refractivity contribution >= 4 is 43.7 Å². The first-order chi connectivity index (χ1) is 8.31. The van der Waals surface area contributed by atoms with Crippen LogP contribution >= 0.6 is 31.9 Å². The molecule has 1 aromatic carbocycles. The summed E-state index contributed by atoms with van der Waals surface area (Å²) in [4.78, 5) is 22.7. The van der Waals surface area contributed by atoms with E-state index >= 15 is 0 Å². The number of hydrogen-bond acceptors (Lipinski definition) is 3. The molecule has 1 rings (SSSR count). The molecule has 0 spiro atoms. The first-order valence-corrected chi connectivity index (χ1v) is 6.57. The van der Waals surface area contributed by atoms with Gasteiger partial charge in [-0.25, -0.2) is 4.79 Å². The molecule has 0 fully saturated rings. The van der Waals surface area contributed by atoms with E-state index in [9.17, 15) is 14.7 Å². The van der Waals surface area contributed by atoms with E-state index < -0.39 is 24.0 Å². The molecule has 0 heterocycles. The number of amides is 1. The molecule has 0 aliphatic carbocycles. The van der Waals surface area contributed by atoms with Crippen molar-refractivity contribution in [3.63, 3.8) is 0 Å². The Morgan fingerprint density at radius 3 is 2.11 bits per heavy atom. The van der Waals surface area contributed by atoms with Gasteiger partial charge in [-0.1, -0.05) is 31.9 Å². The van der Waals surface area contributed by atoms with Gasteiger partial charge in [-0.3, -0.25) is 4.79 Å². The van der Waals surface area contributed by atoms with E-state index in [1.807, 2.05) is 0 Å². The maximum absolute atomic E-state index is 11.8. The predicted molar refractivity (Wildman–Crippen MR) is 72.4 cm³/mol. The number of carbonyl (C=O) groups excluding carboxylic acids is 1. The largest absolute Gasteiger partial charge is 0.480 e. The molecule has 18 heavy (non-hydrogen) atoms. The van der Waals surface area contributed by atoms with Crippen LogP contribution in [-0.4, -0.2) is 34.2 Å². The van der Waals surface area contributed by atoms with Crippen LogP contribution < -0.4 is 5.32 Å². The third kappa shape index (κ3) is 4.08. The van der Waals surface area contributed by atoms with Crippen LogP contribution in [0.25, 0.3) is 0 Å². The molecule has 0 bridgehead atoms. The number of carboxylic acids is 1. The zero-order chi connectivity index (χ0) is 13.9. The first kappa shape index (κ1) is 15.1. The highest BCUT2D eigenvalue weighted by atomic mass is 79.9. The molecule has 1 amide bonds. The predicted octanol–water partition coefficient (Wildman–Crippen LogP) is 1.78. The lowest BCUT2D eigenvalue weighted by Gasteiger charge is -2.17. The van der Waals surface area contributed by atoms with Crippen LogP contribution in [0.5, 0.6) is 0 Å². The van der Waals surface area contributed by atoms with Crippen LogP contribution in [0.2, 0.25) is 0 Å². The minimum atomic E-state index is -1.34. The molecular formula is C11H11Br2NO4. The van der Waals surface area contributed by atoms with Crippen LogP contribution in [0, 0.1) is 0 Å². The molecule has 0 aliphatic rings. The van der Waals surface area contributed by atoms with Gasteiger partial charge < -0.3 is 15.5 Å². The highest BCUT2D eigenvalue weighted by molar-refractivity contribution is 9.11. The normalized spacial score (nSPS) is 13.8. The van der Waals surface area contributed by atoms with Crippen LogP contribution in [0.15, 0.2) is 27.1 Å². The number of carbonyl (C=O) groups is 2. The van der Waals surface area contributed by atoms with Gasteiger partial charge in [0.05, 0.1) is 6.10 Å². The Hall–Kier alpha value is -0.920. The van der Waals surface area contributed by atoms with Crippen molar-refractivity contribution in [1.82, 2.24) is 5.32 Å². The van der Waals surface area contributed by atoms with E-state index in [1.54, 1.807) is 18.2 Å².